The summed E-state index contributed by atoms with van der Waals surface area (Å²) in [6, 6.07) is 6.68. The Morgan fingerprint density at radius 1 is 1.19 bits per heavy atom. The SMILES string of the molecule is CC1=C(C(=O)OC(C)(C)C)N2C(=O)/C(=C\c3ccc(Cl)cc3)C2S(=O)(=O)/C1=C/N(C)C. The molecule has 1 unspecified atom stereocenters. The Morgan fingerprint density at radius 2 is 1.77 bits per heavy atom. The first-order chi connectivity index (χ1) is 14.2. The van der Waals surface area contributed by atoms with Gasteiger partial charge in [-0.25, -0.2) is 13.2 Å². The Hall–Kier alpha value is -2.58. The third-order valence-corrected chi connectivity index (χ3v) is 7.02. The number of sulfone groups is 1. The highest BCUT2D eigenvalue weighted by atomic mass is 35.5. The first-order valence-corrected chi connectivity index (χ1v) is 11.5. The topological polar surface area (TPSA) is 84.0 Å². The lowest BCUT2D eigenvalue weighted by Crippen LogP contribution is -2.62. The minimum atomic E-state index is -3.96. The number of ether oxygens (including phenoxy) is 1. The third kappa shape index (κ3) is 4.27. The molecule has 0 spiro atoms. The van der Waals surface area contributed by atoms with E-state index in [1.54, 1.807) is 64.0 Å². The van der Waals surface area contributed by atoms with Gasteiger partial charge in [0.15, 0.2) is 5.37 Å². The zero-order valence-electron chi connectivity index (χ0n) is 18.3. The number of nitrogens with zero attached hydrogens (tertiary/aromatic N) is 2. The van der Waals surface area contributed by atoms with Crippen LogP contribution >= 0.6 is 11.6 Å². The van der Waals surface area contributed by atoms with Gasteiger partial charge < -0.3 is 9.64 Å². The van der Waals surface area contributed by atoms with Gasteiger partial charge in [0.2, 0.25) is 9.84 Å². The van der Waals surface area contributed by atoms with Gasteiger partial charge >= 0.3 is 5.97 Å². The molecule has 1 atom stereocenters. The molecule has 1 aromatic carbocycles. The fourth-order valence-electron chi connectivity index (χ4n) is 3.43. The molecule has 0 bridgehead atoms. The molecular weight excluding hydrogens is 440 g/mol. The van der Waals surface area contributed by atoms with E-state index in [0.29, 0.717) is 10.6 Å². The summed E-state index contributed by atoms with van der Waals surface area (Å²) in [5.41, 5.74) is 0.0305. The monoisotopic (exact) mass is 464 g/mol. The van der Waals surface area contributed by atoms with Gasteiger partial charge in [0.05, 0.1) is 10.5 Å². The van der Waals surface area contributed by atoms with E-state index in [-0.39, 0.29) is 21.7 Å². The molecule has 2 heterocycles. The van der Waals surface area contributed by atoms with Crippen LogP contribution in [0.25, 0.3) is 6.08 Å². The molecule has 166 valence electrons. The van der Waals surface area contributed by atoms with E-state index < -0.39 is 32.7 Å². The molecule has 3 rings (SSSR count). The number of carbonyl (C=O) groups excluding carboxylic acids is 2. The number of carbonyl (C=O) groups is 2. The molecule has 1 amide bonds. The first-order valence-electron chi connectivity index (χ1n) is 9.61. The minimum absolute atomic E-state index is 0.0193. The van der Waals surface area contributed by atoms with Crippen molar-refractivity contribution in [1.29, 1.82) is 0 Å². The smallest absolute Gasteiger partial charge is 0.355 e. The third-order valence-electron chi connectivity index (χ3n) is 4.69. The van der Waals surface area contributed by atoms with Crippen molar-refractivity contribution in [3.63, 3.8) is 0 Å². The molecule has 0 N–H and O–H groups in total. The molecule has 0 aromatic heterocycles. The Morgan fingerprint density at radius 3 is 2.29 bits per heavy atom. The van der Waals surface area contributed by atoms with Gasteiger partial charge in [-0.05, 0) is 51.5 Å². The zero-order valence-corrected chi connectivity index (χ0v) is 19.8. The number of β-lactam (4-membered cyclic amide) rings is 1. The number of benzene rings is 1. The van der Waals surface area contributed by atoms with Crippen LogP contribution in [0.1, 0.15) is 33.3 Å². The highest BCUT2D eigenvalue weighted by Crippen LogP contribution is 2.45. The van der Waals surface area contributed by atoms with Gasteiger partial charge in [0.1, 0.15) is 11.3 Å². The molecule has 2 aliphatic rings. The Bertz CT molecular complexity index is 1140. The summed E-state index contributed by atoms with van der Waals surface area (Å²) >= 11 is 5.91. The highest BCUT2D eigenvalue weighted by Gasteiger charge is 2.58. The van der Waals surface area contributed by atoms with Crippen molar-refractivity contribution in [2.75, 3.05) is 14.1 Å². The summed E-state index contributed by atoms with van der Waals surface area (Å²) in [5, 5.41) is -0.774. The van der Waals surface area contributed by atoms with Gasteiger partial charge in [-0.3, -0.25) is 9.69 Å². The largest absolute Gasteiger partial charge is 0.455 e. The van der Waals surface area contributed by atoms with Crippen molar-refractivity contribution in [1.82, 2.24) is 9.80 Å². The van der Waals surface area contributed by atoms with E-state index >= 15 is 0 Å². The van der Waals surface area contributed by atoms with Crippen molar-refractivity contribution in [2.24, 2.45) is 0 Å². The van der Waals surface area contributed by atoms with E-state index in [1.807, 2.05) is 0 Å². The first kappa shape index (κ1) is 23.1. The van der Waals surface area contributed by atoms with Crippen molar-refractivity contribution in [3.8, 4) is 0 Å². The van der Waals surface area contributed by atoms with Crippen LogP contribution in [-0.2, 0) is 24.2 Å². The van der Waals surface area contributed by atoms with E-state index in [2.05, 4.69) is 0 Å². The van der Waals surface area contributed by atoms with Gasteiger partial charge in [0, 0.05) is 30.9 Å². The van der Waals surface area contributed by atoms with Gasteiger partial charge in [0.25, 0.3) is 5.91 Å². The highest BCUT2D eigenvalue weighted by molar-refractivity contribution is 7.96. The predicted octanol–water partition coefficient (Wildman–Crippen LogP) is 3.34. The lowest BCUT2D eigenvalue weighted by Gasteiger charge is -2.46. The zero-order chi connectivity index (χ0) is 23.3. The number of esters is 1. The van der Waals surface area contributed by atoms with Crippen LogP contribution in [0.3, 0.4) is 0 Å². The molecule has 0 saturated carbocycles. The van der Waals surface area contributed by atoms with E-state index in [1.165, 1.54) is 19.2 Å². The number of rotatable bonds is 3. The molecule has 1 fully saturated rings. The molecule has 2 aliphatic heterocycles. The Kier molecular flexibility index (Phi) is 5.84. The molecule has 1 saturated heterocycles. The van der Waals surface area contributed by atoms with Crippen LogP contribution in [0.4, 0.5) is 0 Å². The van der Waals surface area contributed by atoms with Crippen molar-refractivity contribution in [3.05, 3.63) is 62.8 Å². The average molecular weight is 465 g/mol. The summed E-state index contributed by atoms with van der Waals surface area (Å²) in [6.45, 7) is 6.63. The van der Waals surface area contributed by atoms with Crippen molar-refractivity contribution < 1.29 is 22.7 Å². The van der Waals surface area contributed by atoms with Crippen LogP contribution in [0, 0.1) is 0 Å². The number of fused-ring (bicyclic) bond motifs is 1. The maximum atomic E-state index is 13.4. The summed E-state index contributed by atoms with van der Waals surface area (Å²) < 4.78 is 32.4. The standard InChI is InChI=1S/C22H25ClN2O5S/c1-13-17(12-24(5)6)31(28,29)20-16(11-14-7-9-15(23)10-8-14)19(26)25(20)18(13)21(27)30-22(2,3)4/h7-12,20H,1-6H3/b16-11+,17-12+. The quantitative estimate of drug-likeness (QED) is 0.387. The van der Waals surface area contributed by atoms with Crippen LogP contribution < -0.4 is 0 Å². The maximum Gasteiger partial charge on any atom is 0.355 e. The van der Waals surface area contributed by atoms with E-state index in [4.69, 9.17) is 16.3 Å². The van der Waals surface area contributed by atoms with Crippen LogP contribution in [0.5, 0.6) is 0 Å². The number of hydrogen-bond acceptors (Lipinski definition) is 6. The molecule has 7 nitrogen and oxygen atoms in total. The van der Waals surface area contributed by atoms with Gasteiger partial charge in [-0.15, -0.1) is 0 Å². The van der Waals surface area contributed by atoms with Gasteiger partial charge in [-0.1, -0.05) is 23.7 Å². The number of halogens is 1. The van der Waals surface area contributed by atoms with E-state index in [9.17, 15) is 18.0 Å². The fourth-order valence-corrected chi connectivity index (χ4v) is 5.66. The molecule has 31 heavy (non-hydrogen) atoms. The van der Waals surface area contributed by atoms with Crippen molar-refractivity contribution in [2.45, 2.75) is 38.7 Å². The van der Waals surface area contributed by atoms with Crippen LogP contribution in [0.2, 0.25) is 5.02 Å². The van der Waals surface area contributed by atoms with Crippen LogP contribution in [0.15, 0.2) is 52.2 Å². The van der Waals surface area contributed by atoms with Crippen LogP contribution in [-0.4, -0.2) is 55.2 Å². The molecular formula is C22H25ClN2O5S. The second-order valence-electron chi connectivity index (χ2n) is 8.66. The lowest BCUT2D eigenvalue weighted by molar-refractivity contribution is -0.155. The molecule has 9 heteroatoms. The predicted molar refractivity (Wildman–Crippen MR) is 119 cm³/mol. The Balaban J connectivity index is 2.18. The number of amides is 1. The normalized spacial score (nSPS) is 23.0. The maximum absolute atomic E-state index is 13.4. The number of hydrogen-bond donors (Lipinski definition) is 0. The summed E-state index contributed by atoms with van der Waals surface area (Å²) in [7, 11) is -0.592. The molecule has 0 aliphatic carbocycles. The second-order valence-corrected chi connectivity index (χ2v) is 11.1. The minimum Gasteiger partial charge on any atom is -0.455 e. The second kappa shape index (κ2) is 7.84. The molecule has 0 radical (unpaired) electrons. The average Bonchev–Trinajstić information content (AvgIpc) is 2.63. The summed E-state index contributed by atoms with van der Waals surface area (Å²) in [6.07, 6.45) is 2.95. The van der Waals surface area contributed by atoms with E-state index in [0.717, 1.165) is 4.90 Å². The van der Waals surface area contributed by atoms with Crippen molar-refractivity contribution >= 4 is 39.4 Å². The fraction of sp³-hybridized carbons (Fsp3) is 0.364. The Labute approximate surface area is 187 Å². The number of allylic oxidation sites excluding steroid dienone is 1. The lowest BCUT2D eigenvalue weighted by atomic mass is 9.99. The molecule has 1 aromatic rings. The summed E-state index contributed by atoms with van der Waals surface area (Å²) in [4.78, 5) is 28.6. The summed E-state index contributed by atoms with van der Waals surface area (Å²) in [5.74, 6) is -1.29. The van der Waals surface area contributed by atoms with Gasteiger partial charge in [-0.2, -0.15) is 0 Å².